The van der Waals surface area contributed by atoms with Crippen molar-refractivity contribution in [1.29, 1.82) is 0 Å². The summed E-state index contributed by atoms with van der Waals surface area (Å²) in [7, 11) is 3.20. The zero-order valence-electron chi connectivity index (χ0n) is 15.2. The monoisotopic (exact) mass is 357 g/mol. The molecule has 2 aromatic carbocycles. The van der Waals surface area contributed by atoms with Gasteiger partial charge in [-0.05, 0) is 43.3 Å². The van der Waals surface area contributed by atoms with E-state index in [0.29, 0.717) is 41.8 Å². The molecule has 6 heteroatoms. The van der Waals surface area contributed by atoms with E-state index < -0.39 is 0 Å². The van der Waals surface area contributed by atoms with E-state index in [2.05, 4.69) is 5.32 Å². The van der Waals surface area contributed by atoms with E-state index >= 15 is 0 Å². The Morgan fingerprint density at radius 1 is 1.04 bits per heavy atom. The van der Waals surface area contributed by atoms with Crippen LogP contribution in [0, 0.1) is 0 Å². The Morgan fingerprint density at radius 3 is 2.54 bits per heavy atom. The Hall–Kier alpha value is -2.89. The second-order valence-corrected chi connectivity index (χ2v) is 6.02. The molecule has 138 valence electrons. The number of methoxy groups -OCH3 is 2. The molecule has 1 aliphatic rings. The average Bonchev–Trinajstić information content (AvgIpc) is 2.92. The molecule has 1 aliphatic heterocycles. The summed E-state index contributed by atoms with van der Waals surface area (Å²) in [5.74, 6) is 2.47. The first-order chi connectivity index (χ1) is 12.6. The van der Waals surface area contributed by atoms with Crippen molar-refractivity contribution in [3.63, 3.8) is 0 Å². The van der Waals surface area contributed by atoms with E-state index in [4.69, 9.17) is 18.9 Å². The largest absolute Gasteiger partial charge is 0.497 e. The number of nitrogens with one attached hydrogen (secondary N) is 1. The van der Waals surface area contributed by atoms with Crippen LogP contribution in [0.3, 0.4) is 0 Å². The Kier molecular flexibility index (Phi) is 5.51. The van der Waals surface area contributed by atoms with Gasteiger partial charge in [-0.25, -0.2) is 0 Å². The average molecular weight is 357 g/mol. The van der Waals surface area contributed by atoms with Crippen molar-refractivity contribution in [2.75, 3.05) is 27.4 Å². The van der Waals surface area contributed by atoms with Gasteiger partial charge in [0.05, 0.1) is 33.5 Å². The number of ether oxygens (including phenoxy) is 4. The standard InChI is InChI=1S/C20H23NO5/c1-13(16-12-15(23-2)6-8-17(16)24-3)21-20(22)14-5-7-18-19(11-14)26-10-4-9-25-18/h5-8,11-13H,4,9-10H2,1-3H3,(H,21,22)/t13-/m1/s1. The van der Waals surface area contributed by atoms with Gasteiger partial charge in [-0.3, -0.25) is 4.79 Å². The fourth-order valence-corrected chi connectivity index (χ4v) is 2.84. The molecule has 0 radical (unpaired) electrons. The molecule has 0 spiro atoms. The Labute approximate surface area is 153 Å². The van der Waals surface area contributed by atoms with Crippen LogP contribution in [0.4, 0.5) is 0 Å². The number of rotatable bonds is 5. The van der Waals surface area contributed by atoms with Gasteiger partial charge < -0.3 is 24.3 Å². The van der Waals surface area contributed by atoms with E-state index in [1.165, 1.54) is 0 Å². The second kappa shape index (κ2) is 7.99. The van der Waals surface area contributed by atoms with Crippen LogP contribution >= 0.6 is 0 Å². The first kappa shape index (κ1) is 17.9. The van der Waals surface area contributed by atoms with Crippen LogP contribution in [0.2, 0.25) is 0 Å². The Morgan fingerprint density at radius 2 is 1.81 bits per heavy atom. The number of amides is 1. The highest BCUT2D eigenvalue weighted by Crippen LogP contribution is 2.32. The van der Waals surface area contributed by atoms with Gasteiger partial charge in [-0.15, -0.1) is 0 Å². The highest BCUT2D eigenvalue weighted by Gasteiger charge is 2.18. The van der Waals surface area contributed by atoms with Gasteiger partial charge >= 0.3 is 0 Å². The van der Waals surface area contributed by atoms with Gasteiger partial charge in [0, 0.05) is 17.5 Å². The summed E-state index contributed by atoms with van der Waals surface area (Å²) in [6, 6.07) is 10.5. The summed E-state index contributed by atoms with van der Waals surface area (Å²) >= 11 is 0. The predicted octanol–water partition coefficient (Wildman–Crippen LogP) is 3.36. The zero-order chi connectivity index (χ0) is 18.5. The highest BCUT2D eigenvalue weighted by atomic mass is 16.5. The maximum atomic E-state index is 12.7. The van der Waals surface area contributed by atoms with Crippen LogP contribution < -0.4 is 24.3 Å². The predicted molar refractivity (Wildman–Crippen MR) is 97.5 cm³/mol. The number of hydrogen-bond acceptors (Lipinski definition) is 5. The molecule has 26 heavy (non-hydrogen) atoms. The van der Waals surface area contributed by atoms with Crippen molar-refractivity contribution in [2.45, 2.75) is 19.4 Å². The fraction of sp³-hybridized carbons (Fsp3) is 0.350. The molecule has 1 atom stereocenters. The van der Waals surface area contributed by atoms with E-state index in [0.717, 1.165) is 12.0 Å². The first-order valence-electron chi connectivity index (χ1n) is 8.55. The molecule has 0 unspecified atom stereocenters. The summed E-state index contributed by atoms with van der Waals surface area (Å²) in [6.45, 7) is 3.10. The minimum atomic E-state index is -0.261. The summed E-state index contributed by atoms with van der Waals surface area (Å²) in [6.07, 6.45) is 0.822. The summed E-state index contributed by atoms with van der Waals surface area (Å²) in [5.41, 5.74) is 1.36. The third kappa shape index (κ3) is 3.85. The number of carbonyl (C=O) groups excluding carboxylic acids is 1. The number of benzene rings is 2. The molecule has 0 aromatic heterocycles. The molecule has 0 saturated carbocycles. The lowest BCUT2D eigenvalue weighted by molar-refractivity contribution is 0.0939. The van der Waals surface area contributed by atoms with Crippen LogP contribution in [0.15, 0.2) is 36.4 Å². The van der Waals surface area contributed by atoms with Crippen molar-refractivity contribution in [2.24, 2.45) is 0 Å². The van der Waals surface area contributed by atoms with Gasteiger partial charge in [0.15, 0.2) is 11.5 Å². The SMILES string of the molecule is COc1ccc(OC)c([C@@H](C)NC(=O)c2ccc3c(c2)OCCCO3)c1. The maximum absolute atomic E-state index is 12.7. The third-order valence-corrected chi connectivity index (χ3v) is 4.26. The molecule has 0 fully saturated rings. The van der Waals surface area contributed by atoms with Crippen LogP contribution in [0.5, 0.6) is 23.0 Å². The maximum Gasteiger partial charge on any atom is 0.251 e. The summed E-state index contributed by atoms with van der Waals surface area (Å²) in [5, 5.41) is 2.99. The molecule has 6 nitrogen and oxygen atoms in total. The fourth-order valence-electron chi connectivity index (χ4n) is 2.84. The van der Waals surface area contributed by atoms with Crippen LogP contribution in [0.25, 0.3) is 0 Å². The van der Waals surface area contributed by atoms with Crippen molar-refractivity contribution in [1.82, 2.24) is 5.32 Å². The molecule has 1 heterocycles. The van der Waals surface area contributed by atoms with Gasteiger partial charge in [-0.1, -0.05) is 0 Å². The molecule has 2 aromatic rings. The lowest BCUT2D eigenvalue weighted by Gasteiger charge is -2.18. The minimum absolute atomic E-state index is 0.196. The van der Waals surface area contributed by atoms with Gasteiger partial charge in [0.2, 0.25) is 0 Å². The Balaban J connectivity index is 1.78. The summed E-state index contributed by atoms with van der Waals surface area (Å²) < 4.78 is 21.9. The molecule has 0 bridgehead atoms. The quantitative estimate of drug-likeness (QED) is 0.889. The minimum Gasteiger partial charge on any atom is -0.497 e. The van der Waals surface area contributed by atoms with Gasteiger partial charge in [0.1, 0.15) is 11.5 Å². The molecule has 0 aliphatic carbocycles. The normalized spacial score (nSPS) is 14.1. The highest BCUT2D eigenvalue weighted by molar-refractivity contribution is 5.95. The van der Waals surface area contributed by atoms with Crippen molar-refractivity contribution in [3.8, 4) is 23.0 Å². The molecule has 1 N–H and O–H groups in total. The van der Waals surface area contributed by atoms with Crippen molar-refractivity contribution < 1.29 is 23.7 Å². The lowest BCUT2D eigenvalue weighted by Crippen LogP contribution is -2.27. The molecule has 3 rings (SSSR count). The molecular formula is C20H23NO5. The van der Waals surface area contributed by atoms with E-state index in [1.807, 2.05) is 25.1 Å². The second-order valence-electron chi connectivity index (χ2n) is 6.02. The summed E-state index contributed by atoms with van der Waals surface area (Å²) in [4.78, 5) is 12.7. The third-order valence-electron chi connectivity index (χ3n) is 4.26. The smallest absolute Gasteiger partial charge is 0.251 e. The van der Waals surface area contributed by atoms with Crippen LogP contribution in [-0.2, 0) is 0 Å². The van der Waals surface area contributed by atoms with Crippen molar-refractivity contribution in [3.05, 3.63) is 47.5 Å². The number of carbonyl (C=O) groups is 1. The van der Waals surface area contributed by atoms with Crippen LogP contribution in [-0.4, -0.2) is 33.3 Å². The molecule has 1 amide bonds. The van der Waals surface area contributed by atoms with E-state index in [9.17, 15) is 4.79 Å². The Bertz CT molecular complexity index is 790. The van der Waals surface area contributed by atoms with E-state index in [1.54, 1.807) is 32.4 Å². The van der Waals surface area contributed by atoms with Gasteiger partial charge in [0.25, 0.3) is 5.91 Å². The van der Waals surface area contributed by atoms with Crippen LogP contribution in [0.1, 0.15) is 35.3 Å². The lowest BCUT2D eigenvalue weighted by atomic mass is 10.1. The molecular weight excluding hydrogens is 334 g/mol. The number of hydrogen-bond donors (Lipinski definition) is 1. The number of fused-ring (bicyclic) bond motifs is 1. The molecule has 0 saturated heterocycles. The van der Waals surface area contributed by atoms with E-state index in [-0.39, 0.29) is 11.9 Å². The zero-order valence-corrected chi connectivity index (χ0v) is 15.2. The topological polar surface area (TPSA) is 66.0 Å². The van der Waals surface area contributed by atoms with Crippen molar-refractivity contribution >= 4 is 5.91 Å². The van der Waals surface area contributed by atoms with Gasteiger partial charge in [-0.2, -0.15) is 0 Å². The first-order valence-corrected chi connectivity index (χ1v) is 8.55.